The van der Waals surface area contributed by atoms with E-state index in [-0.39, 0.29) is 6.10 Å². The molecule has 2 atom stereocenters. The molecule has 0 spiro atoms. The van der Waals surface area contributed by atoms with E-state index < -0.39 is 0 Å². The molecule has 1 aliphatic rings. The average Bonchev–Trinajstić information content (AvgIpc) is 2.72. The van der Waals surface area contributed by atoms with E-state index in [4.69, 9.17) is 0 Å². The second-order valence-electron chi connectivity index (χ2n) is 3.96. The molecule has 0 saturated carbocycles. The number of benzene rings is 1. The molecule has 0 radical (unpaired) electrons. The van der Waals surface area contributed by atoms with Crippen LogP contribution in [0.3, 0.4) is 0 Å². The van der Waals surface area contributed by atoms with E-state index in [1.165, 1.54) is 12.8 Å². The summed E-state index contributed by atoms with van der Waals surface area (Å²) in [5.74, 6) is 0. The van der Waals surface area contributed by atoms with Crippen molar-refractivity contribution in [3.63, 3.8) is 0 Å². The molecule has 0 aliphatic carbocycles. The third-order valence-electron chi connectivity index (χ3n) is 2.85. The van der Waals surface area contributed by atoms with Gasteiger partial charge in [-0.1, -0.05) is 30.3 Å². The Morgan fingerprint density at radius 3 is 2.79 bits per heavy atom. The molecule has 1 heterocycles. The SMILES string of the molecule is OC(CC1CCCN1)c1ccccc1. The van der Waals surface area contributed by atoms with Gasteiger partial charge in [-0.05, 0) is 31.4 Å². The minimum Gasteiger partial charge on any atom is -0.388 e. The van der Waals surface area contributed by atoms with Crippen molar-refractivity contribution in [2.45, 2.75) is 31.4 Å². The van der Waals surface area contributed by atoms with Gasteiger partial charge < -0.3 is 10.4 Å². The molecule has 0 aromatic heterocycles. The standard InChI is InChI=1S/C12H17NO/c14-12(9-11-7-4-8-13-11)10-5-2-1-3-6-10/h1-3,5-6,11-14H,4,7-9H2. The van der Waals surface area contributed by atoms with Gasteiger partial charge in [0.05, 0.1) is 6.10 Å². The van der Waals surface area contributed by atoms with Gasteiger partial charge >= 0.3 is 0 Å². The fourth-order valence-corrected chi connectivity index (χ4v) is 2.04. The minimum atomic E-state index is -0.313. The summed E-state index contributed by atoms with van der Waals surface area (Å²) < 4.78 is 0. The summed E-state index contributed by atoms with van der Waals surface area (Å²) in [5, 5.41) is 13.3. The minimum absolute atomic E-state index is 0.313. The number of aliphatic hydroxyl groups is 1. The maximum absolute atomic E-state index is 9.94. The van der Waals surface area contributed by atoms with Gasteiger partial charge in [-0.25, -0.2) is 0 Å². The first-order valence-electron chi connectivity index (χ1n) is 5.32. The fourth-order valence-electron chi connectivity index (χ4n) is 2.04. The zero-order valence-electron chi connectivity index (χ0n) is 8.32. The zero-order valence-corrected chi connectivity index (χ0v) is 8.32. The van der Waals surface area contributed by atoms with Crippen LogP contribution < -0.4 is 5.32 Å². The molecule has 2 unspecified atom stereocenters. The molecule has 0 bridgehead atoms. The summed E-state index contributed by atoms with van der Waals surface area (Å²) in [6, 6.07) is 10.4. The van der Waals surface area contributed by atoms with Crippen molar-refractivity contribution in [3.8, 4) is 0 Å². The summed E-state index contributed by atoms with van der Waals surface area (Å²) >= 11 is 0. The van der Waals surface area contributed by atoms with Crippen molar-refractivity contribution in [1.82, 2.24) is 5.32 Å². The largest absolute Gasteiger partial charge is 0.388 e. The number of rotatable bonds is 3. The predicted molar refractivity (Wildman–Crippen MR) is 57.0 cm³/mol. The number of hydrogen-bond donors (Lipinski definition) is 2. The average molecular weight is 191 g/mol. The first-order valence-corrected chi connectivity index (χ1v) is 5.32. The quantitative estimate of drug-likeness (QED) is 0.764. The molecule has 2 nitrogen and oxygen atoms in total. The molecule has 14 heavy (non-hydrogen) atoms. The molecule has 1 aromatic rings. The van der Waals surface area contributed by atoms with Crippen LogP contribution in [0, 0.1) is 0 Å². The lowest BCUT2D eigenvalue weighted by Crippen LogP contribution is -2.23. The van der Waals surface area contributed by atoms with Gasteiger partial charge in [-0.15, -0.1) is 0 Å². The lowest BCUT2D eigenvalue weighted by Gasteiger charge is -2.15. The molecule has 0 amide bonds. The van der Waals surface area contributed by atoms with E-state index in [0.717, 1.165) is 18.5 Å². The second-order valence-corrected chi connectivity index (χ2v) is 3.96. The van der Waals surface area contributed by atoms with E-state index in [9.17, 15) is 5.11 Å². The number of hydrogen-bond acceptors (Lipinski definition) is 2. The normalized spacial score (nSPS) is 23.6. The van der Waals surface area contributed by atoms with Crippen molar-refractivity contribution in [2.75, 3.05) is 6.54 Å². The van der Waals surface area contributed by atoms with E-state index in [0.29, 0.717) is 6.04 Å². The molecule has 76 valence electrons. The van der Waals surface area contributed by atoms with Crippen LogP contribution in [-0.4, -0.2) is 17.7 Å². The van der Waals surface area contributed by atoms with Crippen LogP contribution in [0.2, 0.25) is 0 Å². The zero-order chi connectivity index (χ0) is 9.80. The summed E-state index contributed by atoms with van der Waals surface area (Å²) in [7, 11) is 0. The Kier molecular flexibility index (Phi) is 3.17. The maximum atomic E-state index is 9.94. The van der Waals surface area contributed by atoms with Crippen LogP contribution >= 0.6 is 0 Å². The van der Waals surface area contributed by atoms with Crippen molar-refractivity contribution in [2.24, 2.45) is 0 Å². The Hall–Kier alpha value is -0.860. The summed E-state index contributed by atoms with van der Waals surface area (Å²) in [6.45, 7) is 1.10. The monoisotopic (exact) mass is 191 g/mol. The van der Waals surface area contributed by atoms with Gasteiger partial charge in [0.1, 0.15) is 0 Å². The lowest BCUT2D eigenvalue weighted by molar-refractivity contribution is 0.154. The highest BCUT2D eigenvalue weighted by molar-refractivity contribution is 5.17. The Labute approximate surface area is 85.0 Å². The molecular weight excluding hydrogens is 174 g/mol. The first kappa shape index (κ1) is 9.69. The Balaban J connectivity index is 1.92. The molecule has 1 fully saturated rings. The molecular formula is C12H17NO. The Morgan fingerprint density at radius 2 is 2.14 bits per heavy atom. The van der Waals surface area contributed by atoms with Gasteiger partial charge in [-0.2, -0.15) is 0 Å². The molecule has 1 aliphatic heterocycles. The highest BCUT2D eigenvalue weighted by Gasteiger charge is 2.18. The van der Waals surface area contributed by atoms with Crippen LogP contribution in [0.25, 0.3) is 0 Å². The van der Waals surface area contributed by atoms with E-state index in [1.54, 1.807) is 0 Å². The van der Waals surface area contributed by atoms with Crippen molar-refractivity contribution in [1.29, 1.82) is 0 Å². The van der Waals surface area contributed by atoms with Crippen molar-refractivity contribution >= 4 is 0 Å². The molecule has 2 heteroatoms. The Bertz CT molecular complexity index is 267. The number of nitrogens with one attached hydrogen (secondary N) is 1. The van der Waals surface area contributed by atoms with Gasteiger partial charge in [0, 0.05) is 6.04 Å². The van der Waals surface area contributed by atoms with Crippen molar-refractivity contribution in [3.05, 3.63) is 35.9 Å². The second kappa shape index (κ2) is 4.58. The summed E-state index contributed by atoms with van der Waals surface area (Å²) in [4.78, 5) is 0. The molecule has 2 N–H and O–H groups in total. The Morgan fingerprint density at radius 1 is 1.36 bits per heavy atom. The van der Waals surface area contributed by atoms with Gasteiger partial charge in [-0.3, -0.25) is 0 Å². The molecule has 2 rings (SSSR count). The number of aliphatic hydroxyl groups excluding tert-OH is 1. The molecule has 1 saturated heterocycles. The maximum Gasteiger partial charge on any atom is 0.0804 e. The molecule has 1 aromatic carbocycles. The van der Waals surface area contributed by atoms with Crippen LogP contribution in [-0.2, 0) is 0 Å². The first-order chi connectivity index (χ1) is 6.86. The van der Waals surface area contributed by atoms with E-state index in [1.807, 2.05) is 30.3 Å². The smallest absolute Gasteiger partial charge is 0.0804 e. The van der Waals surface area contributed by atoms with Crippen LogP contribution in [0.5, 0.6) is 0 Å². The summed E-state index contributed by atoms with van der Waals surface area (Å²) in [5.41, 5.74) is 1.03. The van der Waals surface area contributed by atoms with Crippen molar-refractivity contribution < 1.29 is 5.11 Å². The highest BCUT2D eigenvalue weighted by Crippen LogP contribution is 2.21. The predicted octanol–water partition coefficient (Wildman–Crippen LogP) is 1.86. The van der Waals surface area contributed by atoms with Gasteiger partial charge in [0.15, 0.2) is 0 Å². The third kappa shape index (κ3) is 2.34. The lowest BCUT2D eigenvalue weighted by atomic mass is 10.0. The highest BCUT2D eigenvalue weighted by atomic mass is 16.3. The van der Waals surface area contributed by atoms with Gasteiger partial charge in [0.2, 0.25) is 0 Å². The summed E-state index contributed by atoms with van der Waals surface area (Å²) in [6.07, 6.45) is 2.96. The van der Waals surface area contributed by atoms with Crippen LogP contribution in [0.1, 0.15) is 30.9 Å². The van der Waals surface area contributed by atoms with Gasteiger partial charge in [0.25, 0.3) is 0 Å². The van der Waals surface area contributed by atoms with E-state index in [2.05, 4.69) is 5.32 Å². The topological polar surface area (TPSA) is 32.3 Å². The van der Waals surface area contributed by atoms with E-state index >= 15 is 0 Å². The van der Waals surface area contributed by atoms with Crippen LogP contribution in [0.4, 0.5) is 0 Å². The third-order valence-corrected chi connectivity index (χ3v) is 2.85. The van der Waals surface area contributed by atoms with Crippen LogP contribution in [0.15, 0.2) is 30.3 Å². The fraction of sp³-hybridized carbons (Fsp3) is 0.500.